The Hall–Kier alpha value is -1.90. The zero-order valence-corrected chi connectivity index (χ0v) is 14.7. The third kappa shape index (κ3) is 3.72. The van der Waals surface area contributed by atoms with Gasteiger partial charge in [-0.15, -0.1) is 0 Å². The maximum Gasteiger partial charge on any atom is 0.413 e. The van der Waals surface area contributed by atoms with E-state index in [9.17, 15) is 9.36 Å². The van der Waals surface area contributed by atoms with Crippen LogP contribution in [0.5, 0.6) is 0 Å². The summed E-state index contributed by atoms with van der Waals surface area (Å²) in [5, 5.41) is 0.372. The SMILES string of the molecule is CCOP(=O)(OC(=O)c1ccc(C)c(C)c1C)c1ccccc1. The molecule has 23 heavy (non-hydrogen) atoms. The Morgan fingerprint density at radius 3 is 2.26 bits per heavy atom. The largest absolute Gasteiger partial charge is 0.413 e. The summed E-state index contributed by atoms with van der Waals surface area (Å²) in [5.74, 6) is -0.633. The number of benzene rings is 2. The second-order valence-corrected chi connectivity index (χ2v) is 7.26. The summed E-state index contributed by atoms with van der Waals surface area (Å²) in [7, 11) is -3.69. The molecule has 1 unspecified atom stereocenters. The molecule has 0 aliphatic carbocycles. The average Bonchev–Trinajstić information content (AvgIpc) is 2.53. The van der Waals surface area contributed by atoms with E-state index in [4.69, 9.17) is 9.05 Å². The fourth-order valence-corrected chi connectivity index (χ4v) is 3.77. The molecule has 122 valence electrons. The van der Waals surface area contributed by atoms with Crippen LogP contribution >= 0.6 is 7.60 Å². The van der Waals surface area contributed by atoms with Gasteiger partial charge in [-0.25, -0.2) is 9.36 Å². The van der Waals surface area contributed by atoms with Crippen LogP contribution in [0.15, 0.2) is 42.5 Å². The summed E-state index contributed by atoms with van der Waals surface area (Å²) in [5.41, 5.74) is 3.34. The van der Waals surface area contributed by atoms with Gasteiger partial charge in [-0.1, -0.05) is 24.3 Å². The molecule has 2 aromatic rings. The lowest BCUT2D eigenvalue weighted by Gasteiger charge is -2.18. The predicted molar refractivity (Wildman–Crippen MR) is 91.4 cm³/mol. The molecule has 2 rings (SSSR count). The molecule has 0 radical (unpaired) electrons. The third-order valence-electron chi connectivity index (χ3n) is 3.85. The first-order valence-corrected chi connectivity index (χ1v) is 9.04. The molecule has 0 aliphatic heterocycles. The minimum absolute atomic E-state index is 0.186. The quantitative estimate of drug-likeness (QED) is 0.765. The van der Waals surface area contributed by atoms with Gasteiger partial charge in [0.25, 0.3) is 0 Å². The Kier molecular flexibility index (Phi) is 5.40. The Bertz CT molecular complexity index is 753. The number of carbonyl (C=O) groups excluding carboxylic acids is 1. The molecule has 0 heterocycles. The standard InChI is InChI=1S/C18H21O4P/c1-5-21-23(20,16-9-7-6-8-10-16)22-18(19)17-12-11-13(2)14(3)15(17)4/h6-12H,5H2,1-4H3. The highest BCUT2D eigenvalue weighted by atomic mass is 31.2. The van der Waals surface area contributed by atoms with Gasteiger partial charge in [-0.2, -0.15) is 0 Å². The van der Waals surface area contributed by atoms with Crippen molar-refractivity contribution in [3.8, 4) is 0 Å². The van der Waals surface area contributed by atoms with Crippen molar-refractivity contribution in [3.05, 3.63) is 64.7 Å². The third-order valence-corrected chi connectivity index (χ3v) is 5.79. The number of rotatable bonds is 5. The Labute approximate surface area is 137 Å². The van der Waals surface area contributed by atoms with E-state index in [-0.39, 0.29) is 6.61 Å². The van der Waals surface area contributed by atoms with Gasteiger partial charge in [0, 0.05) is 0 Å². The average molecular weight is 332 g/mol. The Morgan fingerprint density at radius 1 is 1.00 bits per heavy atom. The predicted octanol–water partition coefficient (Wildman–Crippen LogP) is 4.32. The Morgan fingerprint density at radius 2 is 1.65 bits per heavy atom. The van der Waals surface area contributed by atoms with Crippen molar-refractivity contribution in [1.29, 1.82) is 0 Å². The van der Waals surface area contributed by atoms with Crippen LogP contribution in [0.4, 0.5) is 0 Å². The van der Waals surface area contributed by atoms with Gasteiger partial charge in [0.15, 0.2) is 0 Å². The van der Waals surface area contributed by atoms with Gasteiger partial charge >= 0.3 is 13.6 Å². The maximum atomic E-state index is 13.0. The minimum atomic E-state index is -3.69. The van der Waals surface area contributed by atoms with Gasteiger partial charge in [0.1, 0.15) is 0 Å². The molecule has 0 N–H and O–H groups in total. The van der Waals surface area contributed by atoms with Crippen molar-refractivity contribution >= 4 is 18.9 Å². The van der Waals surface area contributed by atoms with E-state index in [1.807, 2.05) is 26.8 Å². The van der Waals surface area contributed by atoms with Crippen molar-refractivity contribution in [3.63, 3.8) is 0 Å². The van der Waals surface area contributed by atoms with E-state index in [1.165, 1.54) is 0 Å². The molecule has 5 heteroatoms. The number of hydrogen-bond donors (Lipinski definition) is 0. The molecule has 0 bridgehead atoms. The van der Waals surface area contributed by atoms with E-state index in [2.05, 4.69) is 0 Å². The lowest BCUT2D eigenvalue weighted by molar-refractivity contribution is 0.0707. The molecule has 0 saturated carbocycles. The van der Waals surface area contributed by atoms with Gasteiger partial charge in [0.05, 0.1) is 17.5 Å². The van der Waals surface area contributed by atoms with Crippen LogP contribution < -0.4 is 5.30 Å². The van der Waals surface area contributed by atoms with Crippen molar-refractivity contribution in [1.82, 2.24) is 0 Å². The minimum Gasteiger partial charge on any atom is -0.385 e. The van der Waals surface area contributed by atoms with E-state index in [0.717, 1.165) is 16.7 Å². The van der Waals surface area contributed by atoms with Gasteiger partial charge in [0.2, 0.25) is 0 Å². The molecule has 0 spiro atoms. The topological polar surface area (TPSA) is 52.6 Å². The molecule has 0 saturated heterocycles. The molecule has 0 amide bonds. The summed E-state index contributed by atoms with van der Waals surface area (Å²) in [6.07, 6.45) is 0. The van der Waals surface area contributed by atoms with E-state index >= 15 is 0 Å². The zero-order valence-electron chi connectivity index (χ0n) is 13.8. The smallest absolute Gasteiger partial charge is 0.385 e. The fourth-order valence-electron chi connectivity index (χ4n) is 2.27. The maximum absolute atomic E-state index is 13.0. The normalized spacial score (nSPS) is 13.4. The van der Waals surface area contributed by atoms with Crippen molar-refractivity contribution in [2.45, 2.75) is 27.7 Å². The summed E-state index contributed by atoms with van der Waals surface area (Å²) < 4.78 is 23.6. The molecule has 4 nitrogen and oxygen atoms in total. The lowest BCUT2D eigenvalue weighted by atomic mass is 9.99. The van der Waals surface area contributed by atoms with Crippen LogP contribution in [0.25, 0.3) is 0 Å². The molecular formula is C18H21O4P. The highest BCUT2D eigenvalue weighted by Gasteiger charge is 2.32. The van der Waals surface area contributed by atoms with Crippen molar-refractivity contribution in [2.75, 3.05) is 6.61 Å². The van der Waals surface area contributed by atoms with Crippen LogP contribution in [0.3, 0.4) is 0 Å². The van der Waals surface area contributed by atoms with Crippen LogP contribution in [-0.4, -0.2) is 12.6 Å². The molecule has 0 aromatic heterocycles. The highest BCUT2D eigenvalue weighted by Crippen LogP contribution is 2.47. The van der Waals surface area contributed by atoms with Gasteiger partial charge in [-0.05, 0) is 62.6 Å². The second-order valence-electron chi connectivity index (χ2n) is 5.31. The van der Waals surface area contributed by atoms with Crippen LogP contribution in [0.1, 0.15) is 34.0 Å². The van der Waals surface area contributed by atoms with Crippen molar-refractivity contribution in [2.24, 2.45) is 0 Å². The summed E-state index contributed by atoms with van der Waals surface area (Å²) >= 11 is 0. The van der Waals surface area contributed by atoms with Gasteiger partial charge < -0.3 is 4.52 Å². The second kappa shape index (κ2) is 7.12. The van der Waals surface area contributed by atoms with E-state index < -0.39 is 13.6 Å². The first kappa shape index (κ1) is 17.5. The Balaban J connectivity index is 2.36. The highest BCUT2D eigenvalue weighted by molar-refractivity contribution is 7.62. The van der Waals surface area contributed by atoms with E-state index in [0.29, 0.717) is 10.9 Å². The lowest BCUT2D eigenvalue weighted by Crippen LogP contribution is -2.15. The summed E-state index contributed by atoms with van der Waals surface area (Å²) in [4.78, 5) is 12.5. The van der Waals surface area contributed by atoms with Gasteiger partial charge in [-0.3, -0.25) is 4.52 Å². The number of carbonyl (C=O) groups is 1. The summed E-state index contributed by atoms with van der Waals surface area (Å²) in [6.45, 7) is 7.68. The van der Waals surface area contributed by atoms with Crippen molar-refractivity contribution < 1.29 is 18.4 Å². The molecule has 1 atom stereocenters. The first-order valence-electron chi connectivity index (χ1n) is 7.50. The van der Waals surface area contributed by atoms with Crippen LogP contribution in [-0.2, 0) is 13.6 Å². The monoisotopic (exact) mass is 332 g/mol. The fraction of sp³-hybridized carbons (Fsp3) is 0.278. The van der Waals surface area contributed by atoms with Crippen LogP contribution in [0.2, 0.25) is 0 Å². The first-order chi connectivity index (χ1) is 10.9. The molecule has 0 fully saturated rings. The molecule has 0 aliphatic rings. The summed E-state index contributed by atoms with van der Waals surface area (Å²) in [6, 6.07) is 12.1. The number of hydrogen-bond acceptors (Lipinski definition) is 4. The zero-order chi connectivity index (χ0) is 17.0. The number of aryl methyl sites for hydroxylation is 1. The van der Waals surface area contributed by atoms with E-state index in [1.54, 1.807) is 43.3 Å². The van der Waals surface area contributed by atoms with Crippen LogP contribution in [0, 0.1) is 20.8 Å². The molecule has 2 aromatic carbocycles. The molecular weight excluding hydrogens is 311 g/mol.